The Balaban J connectivity index is 1.13. The van der Waals surface area contributed by atoms with Gasteiger partial charge in [-0.2, -0.15) is 0 Å². The summed E-state index contributed by atoms with van der Waals surface area (Å²) in [6.07, 6.45) is 7.95. The summed E-state index contributed by atoms with van der Waals surface area (Å²) < 4.78 is 6.45. The maximum atomic E-state index is 6.45. The van der Waals surface area contributed by atoms with Crippen molar-refractivity contribution in [3.05, 3.63) is 187 Å². The second-order valence-corrected chi connectivity index (χ2v) is 14.1. The van der Waals surface area contributed by atoms with E-state index in [4.69, 9.17) is 4.42 Å². The zero-order valence-electron chi connectivity index (χ0n) is 29.3. The molecule has 10 rings (SSSR count). The van der Waals surface area contributed by atoms with Crippen molar-refractivity contribution in [2.45, 2.75) is 26.3 Å². The summed E-state index contributed by atoms with van der Waals surface area (Å²) >= 11 is 0. The van der Waals surface area contributed by atoms with Crippen molar-refractivity contribution < 1.29 is 4.42 Å². The first-order valence-electron chi connectivity index (χ1n) is 18.2. The molecule has 2 nitrogen and oxygen atoms in total. The third-order valence-electron chi connectivity index (χ3n) is 11.0. The molecule has 1 unspecified atom stereocenters. The summed E-state index contributed by atoms with van der Waals surface area (Å²) in [4.78, 5) is 2.58. The molecule has 0 fully saturated rings. The van der Waals surface area contributed by atoms with E-state index < -0.39 is 0 Å². The first kappa shape index (κ1) is 30.4. The average Bonchev–Trinajstić information content (AvgIpc) is 3.59. The third kappa shape index (κ3) is 4.86. The van der Waals surface area contributed by atoms with E-state index in [1.807, 2.05) is 6.07 Å². The highest BCUT2D eigenvalue weighted by atomic mass is 16.3. The lowest BCUT2D eigenvalue weighted by atomic mass is 9.91. The van der Waals surface area contributed by atoms with Gasteiger partial charge in [0.25, 0.3) is 0 Å². The maximum absolute atomic E-state index is 6.45. The Kier molecular flexibility index (Phi) is 7.11. The smallest absolute Gasteiger partial charge is 0.143 e. The van der Waals surface area contributed by atoms with Crippen LogP contribution < -0.4 is 4.90 Å². The van der Waals surface area contributed by atoms with Crippen molar-refractivity contribution in [1.82, 2.24) is 0 Å². The van der Waals surface area contributed by atoms with Crippen molar-refractivity contribution in [2.24, 2.45) is 0 Å². The minimum absolute atomic E-state index is 0.114. The summed E-state index contributed by atoms with van der Waals surface area (Å²) in [5.74, 6) is 0. The SMILES string of the molecule is Cc1cc(-c2ccccc2)cc(C)c1N(c1ccc2c3ccccc3c3ccccc3c2c1)C1C=CC(c2cccc3c2oc2ccccc23)=CC1. The molecule has 1 atom stereocenters. The molecule has 52 heavy (non-hydrogen) atoms. The Bertz CT molecular complexity index is 2850. The number of furan rings is 1. The van der Waals surface area contributed by atoms with Gasteiger partial charge in [-0.1, -0.05) is 140 Å². The zero-order chi connectivity index (χ0) is 34.8. The van der Waals surface area contributed by atoms with E-state index in [0.29, 0.717) is 0 Å². The second kappa shape index (κ2) is 12.1. The number of benzene rings is 8. The van der Waals surface area contributed by atoms with E-state index in [9.17, 15) is 0 Å². The highest BCUT2D eigenvalue weighted by Gasteiger charge is 2.25. The van der Waals surface area contributed by atoms with Crippen LogP contribution >= 0.6 is 0 Å². The van der Waals surface area contributed by atoms with Crippen LogP contribution in [-0.4, -0.2) is 6.04 Å². The van der Waals surface area contributed by atoms with Crippen LogP contribution in [0.25, 0.3) is 71.0 Å². The van der Waals surface area contributed by atoms with Gasteiger partial charge in [0.1, 0.15) is 11.2 Å². The van der Waals surface area contributed by atoms with Gasteiger partial charge in [0.15, 0.2) is 0 Å². The predicted molar refractivity (Wildman–Crippen MR) is 222 cm³/mol. The fourth-order valence-electron chi connectivity index (χ4n) is 8.64. The van der Waals surface area contributed by atoms with Gasteiger partial charge in [0.2, 0.25) is 0 Å². The molecule has 0 saturated carbocycles. The average molecular weight is 668 g/mol. The quantitative estimate of drug-likeness (QED) is 0.170. The van der Waals surface area contributed by atoms with E-state index >= 15 is 0 Å². The number of allylic oxidation sites excluding steroid dienone is 2. The number of para-hydroxylation sites is 2. The van der Waals surface area contributed by atoms with Crippen molar-refractivity contribution >= 4 is 71.2 Å². The van der Waals surface area contributed by atoms with Gasteiger partial charge in [-0.05, 0) is 111 Å². The highest BCUT2D eigenvalue weighted by Crippen LogP contribution is 2.43. The molecule has 1 aliphatic rings. The number of hydrogen-bond donors (Lipinski definition) is 0. The van der Waals surface area contributed by atoms with E-state index in [-0.39, 0.29) is 6.04 Å². The Morgan fingerprint density at radius 1 is 0.519 bits per heavy atom. The van der Waals surface area contributed by atoms with Gasteiger partial charge in [0.05, 0.1) is 6.04 Å². The Hall–Kier alpha value is -6.38. The van der Waals surface area contributed by atoms with Crippen LogP contribution in [0.5, 0.6) is 0 Å². The Morgan fingerprint density at radius 2 is 1.12 bits per heavy atom. The lowest BCUT2D eigenvalue weighted by Gasteiger charge is -2.36. The predicted octanol–water partition coefficient (Wildman–Crippen LogP) is 13.9. The van der Waals surface area contributed by atoms with Crippen LogP contribution in [0.4, 0.5) is 11.4 Å². The van der Waals surface area contributed by atoms with E-state index in [1.165, 1.54) is 71.5 Å². The molecule has 0 aliphatic heterocycles. The van der Waals surface area contributed by atoms with Gasteiger partial charge in [-0.15, -0.1) is 0 Å². The fourth-order valence-corrected chi connectivity index (χ4v) is 8.64. The minimum atomic E-state index is 0.114. The van der Waals surface area contributed by atoms with Crippen LogP contribution in [0, 0.1) is 13.8 Å². The molecule has 0 bridgehead atoms. The zero-order valence-corrected chi connectivity index (χ0v) is 29.3. The molecule has 0 radical (unpaired) electrons. The van der Waals surface area contributed by atoms with E-state index in [2.05, 4.69) is 183 Å². The first-order valence-corrected chi connectivity index (χ1v) is 18.2. The van der Waals surface area contributed by atoms with Crippen molar-refractivity contribution in [1.29, 1.82) is 0 Å². The number of anilines is 2. The van der Waals surface area contributed by atoms with Crippen LogP contribution in [0.1, 0.15) is 23.1 Å². The number of rotatable bonds is 5. The Labute approximate surface area is 303 Å². The summed E-state index contributed by atoms with van der Waals surface area (Å²) in [7, 11) is 0. The van der Waals surface area contributed by atoms with Crippen LogP contribution in [0.2, 0.25) is 0 Å². The number of aryl methyl sites for hydroxylation is 2. The van der Waals surface area contributed by atoms with Gasteiger partial charge >= 0.3 is 0 Å². The lowest BCUT2D eigenvalue weighted by molar-refractivity contribution is 0.667. The van der Waals surface area contributed by atoms with Crippen LogP contribution in [0.15, 0.2) is 174 Å². The molecule has 1 aliphatic carbocycles. The van der Waals surface area contributed by atoms with Gasteiger partial charge < -0.3 is 9.32 Å². The molecule has 0 amide bonds. The Morgan fingerprint density at radius 3 is 1.79 bits per heavy atom. The molecule has 8 aromatic carbocycles. The topological polar surface area (TPSA) is 16.4 Å². The second-order valence-electron chi connectivity index (χ2n) is 14.1. The van der Waals surface area contributed by atoms with Gasteiger partial charge in [0, 0.05) is 27.7 Å². The molecule has 0 spiro atoms. The molecule has 0 N–H and O–H groups in total. The van der Waals surface area contributed by atoms with Crippen LogP contribution in [0.3, 0.4) is 0 Å². The summed E-state index contributed by atoms with van der Waals surface area (Å²) in [6, 6.07) is 55.1. The maximum Gasteiger partial charge on any atom is 0.143 e. The third-order valence-corrected chi connectivity index (χ3v) is 11.0. The number of hydrogen-bond acceptors (Lipinski definition) is 2. The van der Waals surface area contributed by atoms with Gasteiger partial charge in [-0.25, -0.2) is 0 Å². The molecule has 1 aromatic heterocycles. The summed E-state index contributed by atoms with van der Waals surface area (Å²) in [5.41, 5.74) is 11.7. The van der Waals surface area contributed by atoms with Gasteiger partial charge in [-0.3, -0.25) is 0 Å². The summed E-state index contributed by atoms with van der Waals surface area (Å²) in [5, 5.41) is 10.0. The molecule has 2 heteroatoms. The minimum Gasteiger partial charge on any atom is -0.455 e. The van der Waals surface area contributed by atoms with Crippen molar-refractivity contribution in [3.63, 3.8) is 0 Å². The normalized spacial score (nSPS) is 14.5. The standard InChI is InChI=1S/C50H37NO/c1-32-29-36(34-13-4-3-5-14-34)30-33(2)49(32)51(38-27-28-44-42-17-7-6-15-40(42)41-16-8-9-18-43(41)47(44)31-38)37-25-23-35(24-26-37)39-20-12-21-46-45-19-10-11-22-48(45)52-50(39)46/h3-25,27-31,37H,26H2,1-2H3. The van der Waals surface area contributed by atoms with Crippen molar-refractivity contribution in [2.75, 3.05) is 4.90 Å². The van der Waals surface area contributed by atoms with Crippen LogP contribution in [-0.2, 0) is 0 Å². The first-order chi connectivity index (χ1) is 25.6. The molecule has 0 saturated heterocycles. The molecular weight excluding hydrogens is 631 g/mol. The molecular formula is C50H37NO. The molecule has 9 aromatic rings. The molecule has 1 heterocycles. The monoisotopic (exact) mass is 667 g/mol. The fraction of sp³-hybridized carbons (Fsp3) is 0.0800. The highest BCUT2D eigenvalue weighted by molar-refractivity contribution is 6.25. The lowest BCUT2D eigenvalue weighted by Crippen LogP contribution is -2.31. The number of nitrogens with zero attached hydrogens (tertiary/aromatic N) is 1. The largest absolute Gasteiger partial charge is 0.455 e. The van der Waals surface area contributed by atoms with E-state index in [0.717, 1.165) is 33.9 Å². The summed E-state index contributed by atoms with van der Waals surface area (Å²) in [6.45, 7) is 4.53. The van der Waals surface area contributed by atoms with Crippen molar-refractivity contribution in [3.8, 4) is 11.1 Å². The number of fused-ring (bicyclic) bond motifs is 9. The van der Waals surface area contributed by atoms with E-state index in [1.54, 1.807) is 0 Å². The molecule has 248 valence electrons.